The first-order valence-corrected chi connectivity index (χ1v) is 5.81. The lowest BCUT2D eigenvalue weighted by atomic mass is 10.1. The second kappa shape index (κ2) is 4.42. The minimum atomic E-state index is 0.893. The Hall–Kier alpha value is -2.09. The number of aryl methyl sites for hydroxylation is 2. The lowest BCUT2D eigenvalue weighted by molar-refractivity contribution is 0.391. The van der Waals surface area contributed by atoms with Gasteiger partial charge in [-0.15, -0.1) is 0 Å². The smallest absolute Gasteiger partial charge is 0.144 e. The molecule has 1 heterocycles. The van der Waals surface area contributed by atoms with Crippen LogP contribution in [0.5, 0.6) is 0 Å². The van der Waals surface area contributed by atoms with Crippen LogP contribution in [0.1, 0.15) is 11.3 Å². The normalized spacial score (nSPS) is 10.8. The SMILES string of the molecule is c1ccc(CCc2onc3ccccc23)cc1. The Morgan fingerprint density at radius 3 is 2.47 bits per heavy atom. The zero-order valence-corrected chi connectivity index (χ0v) is 9.47. The molecule has 84 valence electrons. The average Bonchev–Trinajstić information content (AvgIpc) is 2.81. The van der Waals surface area contributed by atoms with E-state index in [9.17, 15) is 0 Å². The van der Waals surface area contributed by atoms with Crippen molar-refractivity contribution >= 4 is 10.9 Å². The van der Waals surface area contributed by atoms with Gasteiger partial charge < -0.3 is 4.52 Å². The Morgan fingerprint density at radius 1 is 0.824 bits per heavy atom. The zero-order chi connectivity index (χ0) is 11.5. The van der Waals surface area contributed by atoms with Crippen LogP contribution >= 0.6 is 0 Å². The third-order valence-corrected chi connectivity index (χ3v) is 2.94. The van der Waals surface area contributed by atoms with Crippen molar-refractivity contribution in [2.75, 3.05) is 0 Å². The van der Waals surface area contributed by atoms with E-state index < -0.39 is 0 Å². The summed E-state index contributed by atoms with van der Waals surface area (Å²) in [7, 11) is 0. The first-order chi connectivity index (χ1) is 8.43. The summed E-state index contributed by atoms with van der Waals surface area (Å²) in [5.41, 5.74) is 2.27. The molecule has 0 saturated heterocycles. The van der Waals surface area contributed by atoms with Gasteiger partial charge in [-0.2, -0.15) is 0 Å². The van der Waals surface area contributed by atoms with E-state index in [0.29, 0.717) is 0 Å². The Balaban J connectivity index is 1.82. The van der Waals surface area contributed by atoms with Crippen molar-refractivity contribution in [1.82, 2.24) is 5.16 Å². The van der Waals surface area contributed by atoms with E-state index in [1.807, 2.05) is 24.3 Å². The van der Waals surface area contributed by atoms with Crippen molar-refractivity contribution in [3.8, 4) is 0 Å². The van der Waals surface area contributed by atoms with Crippen LogP contribution in [0, 0.1) is 0 Å². The predicted octanol–water partition coefficient (Wildman–Crippen LogP) is 3.61. The minimum Gasteiger partial charge on any atom is -0.360 e. The van der Waals surface area contributed by atoms with E-state index in [-0.39, 0.29) is 0 Å². The van der Waals surface area contributed by atoms with Crippen LogP contribution in [0.2, 0.25) is 0 Å². The third-order valence-electron chi connectivity index (χ3n) is 2.94. The lowest BCUT2D eigenvalue weighted by Gasteiger charge is -1.98. The molecule has 0 bridgehead atoms. The van der Waals surface area contributed by atoms with Gasteiger partial charge in [0.1, 0.15) is 11.3 Å². The van der Waals surface area contributed by atoms with E-state index >= 15 is 0 Å². The Labute approximate surface area is 99.9 Å². The maximum Gasteiger partial charge on any atom is 0.144 e. The molecule has 0 amide bonds. The van der Waals surface area contributed by atoms with Crippen LogP contribution < -0.4 is 0 Å². The fourth-order valence-corrected chi connectivity index (χ4v) is 2.03. The standard InChI is InChI=1S/C15H13NO/c1-2-6-12(7-3-1)10-11-15-13-8-4-5-9-14(13)16-17-15/h1-9H,10-11H2. The predicted molar refractivity (Wildman–Crippen MR) is 67.9 cm³/mol. The summed E-state index contributed by atoms with van der Waals surface area (Å²) >= 11 is 0. The Bertz CT molecular complexity index is 613. The fourth-order valence-electron chi connectivity index (χ4n) is 2.03. The first-order valence-electron chi connectivity index (χ1n) is 5.81. The average molecular weight is 223 g/mol. The van der Waals surface area contributed by atoms with Crippen LogP contribution in [0.15, 0.2) is 59.1 Å². The van der Waals surface area contributed by atoms with E-state index in [1.54, 1.807) is 0 Å². The van der Waals surface area contributed by atoms with Crippen molar-refractivity contribution in [3.63, 3.8) is 0 Å². The van der Waals surface area contributed by atoms with Gasteiger partial charge in [0, 0.05) is 11.8 Å². The molecule has 0 aliphatic rings. The molecular formula is C15H13NO. The number of hydrogen-bond donors (Lipinski definition) is 0. The van der Waals surface area contributed by atoms with Crippen LogP contribution in [-0.4, -0.2) is 5.16 Å². The van der Waals surface area contributed by atoms with Crippen molar-refractivity contribution < 1.29 is 4.52 Å². The van der Waals surface area contributed by atoms with Gasteiger partial charge in [0.05, 0.1) is 0 Å². The quantitative estimate of drug-likeness (QED) is 0.678. The third kappa shape index (κ3) is 2.07. The highest BCUT2D eigenvalue weighted by Gasteiger charge is 2.06. The van der Waals surface area contributed by atoms with E-state index in [0.717, 1.165) is 29.5 Å². The van der Waals surface area contributed by atoms with Gasteiger partial charge in [-0.25, -0.2) is 0 Å². The fraction of sp³-hybridized carbons (Fsp3) is 0.133. The first kappa shape index (κ1) is 10.1. The highest BCUT2D eigenvalue weighted by molar-refractivity contribution is 5.80. The van der Waals surface area contributed by atoms with E-state index in [1.165, 1.54) is 5.56 Å². The Morgan fingerprint density at radius 2 is 1.59 bits per heavy atom. The minimum absolute atomic E-state index is 0.893. The second-order valence-corrected chi connectivity index (χ2v) is 4.11. The molecule has 2 nitrogen and oxygen atoms in total. The van der Waals surface area contributed by atoms with Gasteiger partial charge in [-0.3, -0.25) is 0 Å². The van der Waals surface area contributed by atoms with Crippen LogP contribution in [-0.2, 0) is 12.8 Å². The molecule has 0 N–H and O–H groups in total. The number of aromatic nitrogens is 1. The van der Waals surface area contributed by atoms with Crippen LogP contribution in [0.25, 0.3) is 10.9 Å². The number of fused-ring (bicyclic) bond motifs is 1. The molecule has 0 atom stereocenters. The summed E-state index contributed by atoms with van der Waals surface area (Å²) < 4.78 is 5.39. The highest BCUT2D eigenvalue weighted by Crippen LogP contribution is 2.19. The van der Waals surface area contributed by atoms with Gasteiger partial charge in [0.2, 0.25) is 0 Å². The number of benzene rings is 2. The monoisotopic (exact) mass is 223 g/mol. The van der Waals surface area contributed by atoms with Gasteiger partial charge in [0.15, 0.2) is 0 Å². The van der Waals surface area contributed by atoms with Gasteiger partial charge >= 0.3 is 0 Å². The van der Waals surface area contributed by atoms with Gasteiger partial charge in [-0.1, -0.05) is 47.6 Å². The van der Waals surface area contributed by atoms with Gasteiger partial charge in [0.25, 0.3) is 0 Å². The molecule has 17 heavy (non-hydrogen) atoms. The molecule has 0 aliphatic heterocycles. The van der Waals surface area contributed by atoms with Gasteiger partial charge in [-0.05, 0) is 24.1 Å². The molecule has 0 radical (unpaired) electrons. The van der Waals surface area contributed by atoms with E-state index in [4.69, 9.17) is 4.52 Å². The highest BCUT2D eigenvalue weighted by atomic mass is 16.5. The van der Waals surface area contributed by atoms with E-state index in [2.05, 4.69) is 35.5 Å². The topological polar surface area (TPSA) is 26.0 Å². The molecule has 2 heteroatoms. The molecule has 1 aromatic heterocycles. The number of rotatable bonds is 3. The molecule has 0 spiro atoms. The molecule has 3 aromatic rings. The maximum atomic E-state index is 5.39. The van der Waals surface area contributed by atoms with Crippen LogP contribution in [0.4, 0.5) is 0 Å². The molecule has 0 unspecified atom stereocenters. The molecule has 0 saturated carbocycles. The van der Waals surface area contributed by atoms with Crippen LogP contribution in [0.3, 0.4) is 0 Å². The van der Waals surface area contributed by atoms with Crippen molar-refractivity contribution in [1.29, 1.82) is 0 Å². The summed E-state index contributed by atoms with van der Waals surface area (Å²) in [6.07, 6.45) is 1.88. The summed E-state index contributed by atoms with van der Waals surface area (Å²) in [4.78, 5) is 0. The van der Waals surface area contributed by atoms with Crippen molar-refractivity contribution in [3.05, 3.63) is 65.9 Å². The number of hydrogen-bond acceptors (Lipinski definition) is 2. The summed E-state index contributed by atoms with van der Waals surface area (Å²) in [6.45, 7) is 0. The zero-order valence-electron chi connectivity index (χ0n) is 9.47. The largest absolute Gasteiger partial charge is 0.360 e. The van der Waals surface area contributed by atoms with Crippen molar-refractivity contribution in [2.24, 2.45) is 0 Å². The lowest BCUT2D eigenvalue weighted by Crippen LogP contribution is -1.89. The molecule has 0 fully saturated rings. The second-order valence-electron chi connectivity index (χ2n) is 4.11. The maximum absolute atomic E-state index is 5.39. The molecule has 3 rings (SSSR count). The molecule has 0 aliphatic carbocycles. The summed E-state index contributed by atoms with van der Waals surface area (Å²) in [5, 5.41) is 5.18. The molecular weight excluding hydrogens is 210 g/mol. The van der Waals surface area contributed by atoms with Crippen molar-refractivity contribution in [2.45, 2.75) is 12.8 Å². The summed E-state index contributed by atoms with van der Waals surface area (Å²) in [5.74, 6) is 0.976. The Kier molecular flexibility index (Phi) is 2.62. The molecule has 2 aromatic carbocycles. The number of nitrogens with zero attached hydrogens (tertiary/aromatic N) is 1. The summed E-state index contributed by atoms with van der Waals surface area (Å²) in [6, 6.07) is 18.5.